The van der Waals surface area contributed by atoms with Crippen LogP contribution in [0.15, 0.2) is 29.6 Å². The van der Waals surface area contributed by atoms with Crippen LogP contribution in [0.25, 0.3) is 0 Å². The number of amides is 3. The van der Waals surface area contributed by atoms with Crippen molar-refractivity contribution in [3.8, 4) is 0 Å². The SMILES string of the molecule is Cc1csc(CNC(=O)Nc2cccc(C(=O)NC(C)(C)C)c2)n1. The van der Waals surface area contributed by atoms with Gasteiger partial charge in [-0.05, 0) is 45.9 Å². The molecule has 3 N–H and O–H groups in total. The van der Waals surface area contributed by atoms with Gasteiger partial charge in [-0.3, -0.25) is 4.79 Å². The van der Waals surface area contributed by atoms with Crippen molar-refractivity contribution >= 4 is 29.0 Å². The van der Waals surface area contributed by atoms with Gasteiger partial charge in [0.05, 0.1) is 6.54 Å². The predicted octanol–water partition coefficient (Wildman–Crippen LogP) is 3.30. The van der Waals surface area contributed by atoms with E-state index < -0.39 is 0 Å². The molecular formula is C17H22N4O2S. The van der Waals surface area contributed by atoms with Gasteiger partial charge >= 0.3 is 6.03 Å². The van der Waals surface area contributed by atoms with E-state index in [1.165, 1.54) is 11.3 Å². The number of anilines is 1. The highest BCUT2D eigenvalue weighted by Crippen LogP contribution is 2.12. The second kappa shape index (κ2) is 7.44. The van der Waals surface area contributed by atoms with Gasteiger partial charge in [-0.25, -0.2) is 9.78 Å². The fraction of sp³-hybridized carbons (Fsp3) is 0.353. The smallest absolute Gasteiger partial charge is 0.319 e. The van der Waals surface area contributed by atoms with Crippen LogP contribution in [0.5, 0.6) is 0 Å². The van der Waals surface area contributed by atoms with Crippen molar-refractivity contribution < 1.29 is 9.59 Å². The van der Waals surface area contributed by atoms with Gasteiger partial charge in [0.1, 0.15) is 5.01 Å². The number of nitrogens with one attached hydrogen (secondary N) is 3. The lowest BCUT2D eigenvalue weighted by molar-refractivity contribution is 0.0919. The Balaban J connectivity index is 1.93. The highest BCUT2D eigenvalue weighted by atomic mass is 32.1. The molecule has 0 aliphatic rings. The van der Waals surface area contributed by atoms with E-state index in [1.807, 2.05) is 33.1 Å². The Morgan fingerprint density at radius 1 is 1.25 bits per heavy atom. The molecule has 1 aromatic heterocycles. The van der Waals surface area contributed by atoms with Crippen molar-refractivity contribution in [2.75, 3.05) is 5.32 Å². The van der Waals surface area contributed by atoms with Crippen molar-refractivity contribution in [3.63, 3.8) is 0 Å². The highest BCUT2D eigenvalue weighted by Gasteiger charge is 2.15. The third-order valence-electron chi connectivity index (χ3n) is 2.94. The Bertz CT molecular complexity index is 734. The van der Waals surface area contributed by atoms with E-state index in [1.54, 1.807) is 24.3 Å². The number of thiazole rings is 1. The average Bonchev–Trinajstić information content (AvgIpc) is 2.89. The maximum absolute atomic E-state index is 12.2. The summed E-state index contributed by atoms with van der Waals surface area (Å²) in [4.78, 5) is 28.4. The third-order valence-corrected chi connectivity index (χ3v) is 3.90. The average molecular weight is 346 g/mol. The maximum Gasteiger partial charge on any atom is 0.319 e. The number of hydrogen-bond donors (Lipinski definition) is 3. The van der Waals surface area contributed by atoms with E-state index >= 15 is 0 Å². The molecule has 0 aliphatic carbocycles. The zero-order chi connectivity index (χ0) is 17.7. The molecule has 0 spiro atoms. The molecule has 0 saturated heterocycles. The first-order valence-corrected chi connectivity index (χ1v) is 8.49. The summed E-state index contributed by atoms with van der Waals surface area (Å²) in [6.45, 7) is 8.03. The molecule has 3 amide bonds. The Kier molecular flexibility index (Phi) is 5.56. The second-order valence-corrected chi connectivity index (χ2v) is 7.42. The molecule has 0 bridgehead atoms. The van der Waals surface area contributed by atoms with Crippen molar-refractivity contribution in [1.29, 1.82) is 0 Å². The standard InChI is InChI=1S/C17H22N4O2S/c1-11-10-24-14(19-11)9-18-16(23)20-13-7-5-6-12(8-13)15(22)21-17(2,3)4/h5-8,10H,9H2,1-4H3,(H,21,22)(H2,18,20,23). The molecule has 1 aromatic carbocycles. The van der Waals surface area contributed by atoms with E-state index in [9.17, 15) is 9.59 Å². The minimum absolute atomic E-state index is 0.176. The molecule has 128 valence electrons. The van der Waals surface area contributed by atoms with Crippen LogP contribution >= 0.6 is 11.3 Å². The van der Waals surface area contributed by atoms with Gasteiger partial charge in [-0.1, -0.05) is 6.07 Å². The number of hydrogen-bond acceptors (Lipinski definition) is 4. The molecule has 0 atom stereocenters. The summed E-state index contributed by atoms with van der Waals surface area (Å²) in [5.41, 5.74) is 1.68. The third kappa shape index (κ3) is 5.66. The molecular weight excluding hydrogens is 324 g/mol. The van der Waals surface area contributed by atoms with Gasteiger partial charge in [0.25, 0.3) is 5.91 Å². The van der Waals surface area contributed by atoms with Crippen molar-refractivity contribution in [3.05, 3.63) is 45.9 Å². The van der Waals surface area contributed by atoms with E-state index in [0.717, 1.165) is 10.7 Å². The zero-order valence-electron chi connectivity index (χ0n) is 14.3. The molecule has 0 saturated carbocycles. The van der Waals surface area contributed by atoms with Crippen LogP contribution in [0, 0.1) is 6.92 Å². The van der Waals surface area contributed by atoms with Gasteiger partial charge in [-0.2, -0.15) is 0 Å². The molecule has 24 heavy (non-hydrogen) atoms. The van der Waals surface area contributed by atoms with Crippen LogP contribution in [0.3, 0.4) is 0 Å². The summed E-state index contributed by atoms with van der Waals surface area (Å²) in [7, 11) is 0. The number of benzene rings is 1. The summed E-state index contributed by atoms with van der Waals surface area (Å²) < 4.78 is 0. The Labute approximate surface area is 145 Å². The molecule has 1 heterocycles. The second-order valence-electron chi connectivity index (χ2n) is 6.48. The number of rotatable bonds is 4. The summed E-state index contributed by atoms with van der Waals surface area (Å²) in [5.74, 6) is -0.176. The van der Waals surface area contributed by atoms with E-state index in [2.05, 4.69) is 20.9 Å². The van der Waals surface area contributed by atoms with E-state index in [-0.39, 0.29) is 17.5 Å². The van der Waals surface area contributed by atoms with E-state index in [0.29, 0.717) is 17.8 Å². The number of carbonyl (C=O) groups is 2. The lowest BCUT2D eigenvalue weighted by Crippen LogP contribution is -2.40. The molecule has 7 heteroatoms. The molecule has 0 unspecified atom stereocenters. The first-order valence-electron chi connectivity index (χ1n) is 7.61. The van der Waals surface area contributed by atoms with E-state index in [4.69, 9.17) is 0 Å². The van der Waals surface area contributed by atoms with Gasteiger partial charge in [0.15, 0.2) is 0 Å². The van der Waals surface area contributed by atoms with Crippen LogP contribution in [-0.4, -0.2) is 22.5 Å². The van der Waals surface area contributed by atoms with Crippen molar-refractivity contribution in [2.45, 2.75) is 39.8 Å². The van der Waals surface area contributed by atoms with Crippen LogP contribution in [0.4, 0.5) is 10.5 Å². The summed E-state index contributed by atoms with van der Waals surface area (Å²) in [6, 6.07) is 6.49. The number of aromatic nitrogens is 1. The Morgan fingerprint density at radius 2 is 2.00 bits per heavy atom. The van der Waals surface area contributed by atoms with Gasteiger partial charge < -0.3 is 16.0 Å². The van der Waals surface area contributed by atoms with Crippen molar-refractivity contribution in [1.82, 2.24) is 15.6 Å². The normalized spacial score (nSPS) is 11.0. The van der Waals surface area contributed by atoms with Crippen LogP contribution in [0.1, 0.15) is 41.8 Å². The molecule has 6 nitrogen and oxygen atoms in total. The molecule has 0 aliphatic heterocycles. The lowest BCUT2D eigenvalue weighted by atomic mass is 10.1. The quantitative estimate of drug-likeness (QED) is 0.794. The first-order chi connectivity index (χ1) is 11.2. The topological polar surface area (TPSA) is 83.1 Å². The van der Waals surface area contributed by atoms with Gasteiger partial charge in [-0.15, -0.1) is 11.3 Å². The summed E-state index contributed by atoms with van der Waals surface area (Å²) in [5, 5.41) is 11.1. The number of nitrogens with zero attached hydrogens (tertiary/aromatic N) is 1. The van der Waals surface area contributed by atoms with Gasteiger partial charge in [0.2, 0.25) is 0 Å². The van der Waals surface area contributed by atoms with Gasteiger partial charge in [0, 0.05) is 27.9 Å². The minimum Gasteiger partial charge on any atom is -0.347 e. The monoisotopic (exact) mass is 346 g/mol. The van der Waals surface area contributed by atoms with Crippen molar-refractivity contribution in [2.24, 2.45) is 0 Å². The predicted molar refractivity (Wildman–Crippen MR) is 96.4 cm³/mol. The Hall–Kier alpha value is -2.41. The summed E-state index contributed by atoms with van der Waals surface area (Å²) in [6.07, 6.45) is 0. The lowest BCUT2D eigenvalue weighted by Gasteiger charge is -2.20. The molecule has 0 radical (unpaired) electrons. The first kappa shape index (κ1) is 17.9. The van der Waals surface area contributed by atoms with Crippen LogP contribution < -0.4 is 16.0 Å². The summed E-state index contributed by atoms with van der Waals surface area (Å²) >= 11 is 1.50. The highest BCUT2D eigenvalue weighted by molar-refractivity contribution is 7.09. The molecule has 2 rings (SSSR count). The van der Waals surface area contributed by atoms with Crippen LogP contribution in [0.2, 0.25) is 0 Å². The number of carbonyl (C=O) groups excluding carboxylic acids is 2. The fourth-order valence-electron chi connectivity index (χ4n) is 1.97. The maximum atomic E-state index is 12.2. The fourth-order valence-corrected chi connectivity index (χ4v) is 2.68. The number of aryl methyl sites for hydroxylation is 1. The number of urea groups is 1. The zero-order valence-corrected chi connectivity index (χ0v) is 15.1. The minimum atomic E-state index is -0.337. The Morgan fingerprint density at radius 3 is 2.62 bits per heavy atom. The van der Waals surface area contributed by atoms with Crippen LogP contribution in [-0.2, 0) is 6.54 Å². The molecule has 2 aromatic rings. The molecule has 0 fully saturated rings. The largest absolute Gasteiger partial charge is 0.347 e.